The first kappa shape index (κ1) is 15.0. The number of rotatable bonds is 5. The van der Waals surface area contributed by atoms with Crippen molar-refractivity contribution < 1.29 is 14.4 Å². The summed E-state index contributed by atoms with van der Waals surface area (Å²) in [6.45, 7) is 5.87. The van der Waals surface area contributed by atoms with Gasteiger partial charge in [-0.25, -0.2) is 0 Å². The van der Waals surface area contributed by atoms with Crippen molar-refractivity contribution in [2.24, 2.45) is 0 Å². The van der Waals surface area contributed by atoms with Crippen LogP contribution in [0, 0.1) is 0 Å². The summed E-state index contributed by atoms with van der Waals surface area (Å²) < 4.78 is 11.7. The molecule has 0 aliphatic heterocycles. The van der Waals surface area contributed by atoms with Crippen LogP contribution in [0.2, 0.25) is 0 Å². The maximum atomic E-state index is 9.75. The highest BCUT2D eigenvalue weighted by atomic mass is 79.9. The van der Waals surface area contributed by atoms with Crippen molar-refractivity contribution in [1.29, 1.82) is 0 Å². The van der Waals surface area contributed by atoms with Crippen LogP contribution >= 0.6 is 15.9 Å². The van der Waals surface area contributed by atoms with Crippen LogP contribution in [-0.2, 0) is 6.61 Å². The summed E-state index contributed by atoms with van der Waals surface area (Å²) in [5.41, 5.74) is 0.711. The zero-order valence-corrected chi connectivity index (χ0v) is 13.2. The Kier molecular flexibility index (Phi) is 4.77. The zero-order chi connectivity index (χ0) is 14.7. The molecule has 0 bridgehead atoms. The Balaban J connectivity index is 2.10. The Bertz CT molecular complexity index is 582. The highest BCUT2D eigenvalue weighted by Crippen LogP contribution is 2.29. The van der Waals surface area contributed by atoms with Crippen LogP contribution in [0.1, 0.15) is 50.1 Å². The number of aromatic nitrogens is 2. The largest absolute Gasteiger partial charge is 0.483 e. The van der Waals surface area contributed by atoms with E-state index in [0.717, 1.165) is 4.47 Å². The van der Waals surface area contributed by atoms with Crippen LogP contribution in [0.4, 0.5) is 0 Å². The van der Waals surface area contributed by atoms with Crippen LogP contribution in [-0.4, -0.2) is 15.2 Å². The summed E-state index contributed by atoms with van der Waals surface area (Å²) in [5.74, 6) is 1.91. The van der Waals surface area contributed by atoms with Crippen molar-refractivity contribution in [3.05, 3.63) is 40.0 Å². The highest BCUT2D eigenvalue weighted by molar-refractivity contribution is 9.10. The van der Waals surface area contributed by atoms with Gasteiger partial charge in [0.2, 0.25) is 0 Å². The van der Waals surface area contributed by atoms with E-state index in [9.17, 15) is 5.11 Å². The molecular formula is C14H17BrN2O3. The summed E-state index contributed by atoms with van der Waals surface area (Å²) in [7, 11) is 0. The maximum absolute atomic E-state index is 9.75. The minimum absolute atomic E-state index is 0.182. The maximum Gasteiger partial charge on any atom is 0.264 e. The Morgan fingerprint density at radius 1 is 1.35 bits per heavy atom. The van der Waals surface area contributed by atoms with Gasteiger partial charge in [0, 0.05) is 16.0 Å². The summed E-state index contributed by atoms with van der Waals surface area (Å²) in [4.78, 5) is 4.24. The second-order valence-corrected chi connectivity index (χ2v) is 5.76. The first-order valence-electron chi connectivity index (χ1n) is 6.40. The van der Waals surface area contributed by atoms with E-state index in [0.29, 0.717) is 23.0 Å². The van der Waals surface area contributed by atoms with Gasteiger partial charge in [0.05, 0.1) is 6.10 Å². The van der Waals surface area contributed by atoms with Gasteiger partial charge in [-0.05, 0) is 25.1 Å². The molecule has 2 aromatic rings. The molecule has 0 amide bonds. The molecule has 0 saturated carbocycles. The van der Waals surface area contributed by atoms with Crippen LogP contribution in [0.15, 0.2) is 27.2 Å². The van der Waals surface area contributed by atoms with Crippen molar-refractivity contribution in [3.8, 4) is 5.75 Å². The highest BCUT2D eigenvalue weighted by Gasteiger charge is 2.13. The number of benzene rings is 1. The van der Waals surface area contributed by atoms with Gasteiger partial charge >= 0.3 is 0 Å². The van der Waals surface area contributed by atoms with Gasteiger partial charge in [0.15, 0.2) is 12.4 Å². The Labute approximate surface area is 126 Å². The standard InChI is InChI=1S/C14H17BrN2O3/c1-8(2)14-16-13(20-17-14)7-19-12-5-4-10(15)6-11(12)9(3)18/h4-6,8-9,18H,7H2,1-3H3/t9-/m1/s1. The lowest BCUT2D eigenvalue weighted by atomic mass is 10.1. The number of ether oxygens (including phenoxy) is 1. The van der Waals surface area contributed by atoms with E-state index in [1.165, 1.54) is 0 Å². The minimum Gasteiger partial charge on any atom is -0.483 e. The lowest BCUT2D eigenvalue weighted by molar-refractivity contribution is 0.185. The van der Waals surface area contributed by atoms with Gasteiger partial charge in [0.25, 0.3) is 5.89 Å². The van der Waals surface area contributed by atoms with Crippen molar-refractivity contribution in [1.82, 2.24) is 10.1 Å². The molecule has 1 aromatic heterocycles. The van der Waals surface area contributed by atoms with Crippen LogP contribution in [0.3, 0.4) is 0 Å². The van der Waals surface area contributed by atoms with E-state index < -0.39 is 6.10 Å². The Morgan fingerprint density at radius 3 is 2.70 bits per heavy atom. The molecule has 0 radical (unpaired) electrons. The molecule has 1 N–H and O–H groups in total. The van der Waals surface area contributed by atoms with Gasteiger partial charge in [0.1, 0.15) is 5.75 Å². The van der Waals surface area contributed by atoms with E-state index in [1.54, 1.807) is 13.0 Å². The van der Waals surface area contributed by atoms with E-state index in [4.69, 9.17) is 9.26 Å². The van der Waals surface area contributed by atoms with Gasteiger partial charge in [-0.2, -0.15) is 4.98 Å². The minimum atomic E-state index is -0.614. The first-order chi connectivity index (χ1) is 9.47. The van der Waals surface area contributed by atoms with E-state index in [1.807, 2.05) is 26.0 Å². The van der Waals surface area contributed by atoms with Gasteiger partial charge in [-0.1, -0.05) is 34.9 Å². The molecular weight excluding hydrogens is 324 g/mol. The third kappa shape index (κ3) is 3.58. The lowest BCUT2D eigenvalue weighted by Crippen LogP contribution is -2.01. The number of hydrogen-bond acceptors (Lipinski definition) is 5. The summed E-state index contributed by atoms with van der Waals surface area (Å²) in [6, 6.07) is 5.48. The van der Waals surface area contributed by atoms with Crippen LogP contribution in [0.5, 0.6) is 5.75 Å². The molecule has 0 fully saturated rings. The van der Waals surface area contributed by atoms with Gasteiger partial charge in [-0.15, -0.1) is 0 Å². The smallest absolute Gasteiger partial charge is 0.264 e. The predicted molar refractivity (Wildman–Crippen MR) is 77.5 cm³/mol. The molecule has 0 saturated heterocycles. The molecule has 20 heavy (non-hydrogen) atoms. The Morgan fingerprint density at radius 2 is 2.10 bits per heavy atom. The van der Waals surface area contributed by atoms with E-state index in [-0.39, 0.29) is 12.5 Å². The van der Waals surface area contributed by atoms with Crippen LogP contribution in [0.25, 0.3) is 0 Å². The van der Waals surface area contributed by atoms with Crippen LogP contribution < -0.4 is 4.74 Å². The van der Waals surface area contributed by atoms with E-state index >= 15 is 0 Å². The van der Waals surface area contributed by atoms with Crippen molar-refractivity contribution in [2.45, 2.75) is 39.4 Å². The molecule has 2 rings (SSSR count). The third-order valence-electron chi connectivity index (χ3n) is 2.77. The number of hydrogen-bond donors (Lipinski definition) is 1. The fourth-order valence-electron chi connectivity index (χ4n) is 1.68. The van der Waals surface area contributed by atoms with Gasteiger partial charge < -0.3 is 14.4 Å². The predicted octanol–water partition coefficient (Wildman–Crippen LogP) is 3.59. The van der Waals surface area contributed by atoms with Crippen molar-refractivity contribution >= 4 is 15.9 Å². The fraction of sp³-hybridized carbons (Fsp3) is 0.429. The molecule has 1 heterocycles. The average Bonchev–Trinajstić information content (AvgIpc) is 2.86. The monoisotopic (exact) mass is 340 g/mol. The summed E-state index contributed by atoms with van der Waals surface area (Å²) in [5, 5.41) is 13.6. The SMILES string of the molecule is CC(C)c1noc(COc2ccc(Br)cc2[C@@H](C)O)n1. The van der Waals surface area contributed by atoms with E-state index in [2.05, 4.69) is 26.1 Å². The lowest BCUT2D eigenvalue weighted by Gasteiger charge is -2.12. The number of aliphatic hydroxyl groups is 1. The van der Waals surface area contributed by atoms with Gasteiger partial charge in [-0.3, -0.25) is 0 Å². The fourth-order valence-corrected chi connectivity index (χ4v) is 2.06. The molecule has 0 unspecified atom stereocenters. The second kappa shape index (κ2) is 6.37. The van der Waals surface area contributed by atoms with Crippen molar-refractivity contribution in [3.63, 3.8) is 0 Å². The zero-order valence-electron chi connectivity index (χ0n) is 11.6. The molecule has 6 heteroatoms. The third-order valence-corrected chi connectivity index (χ3v) is 3.27. The summed E-state index contributed by atoms with van der Waals surface area (Å²) >= 11 is 3.37. The molecule has 5 nitrogen and oxygen atoms in total. The molecule has 1 aromatic carbocycles. The quantitative estimate of drug-likeness (QED) is 0.900. The number of aliphatic hydroxyl groups excluding tert-OH is 1. The molecule has 0 aliphatic carbocycles. The molecule has 108 valence electrons. The average molecular weight is 341 g/mol. The molecule has 1 atom stereocenters. The molecule has 0 aliphatic rings. The Hall–Kier alpha value is -1.40. The normalized spacial score (nSPS) is 12.7. The molecule has 0 spiro atoms. The summed E-state index contributed by atoms with van der Waals surface area (Å²) in [6.07, 6.45) is -0.614. The first-order valence-corrected chi connectivity index (χ1v) is 7.19. The topological polar surface area (TPSA) is 68.4 Å². The van der Waals surface area contributed by atoms with Crippen molar-refractivity contribution in [2.75, 3.05) is 0 Å². The number of halogens is 1. The second-order valence-electron chi connectivity index (χ2n) is 4.85. The number of nitrogens with zero attached hydrogens (tertiary/aromatic N) is 2.